The first-order valence-corrected chi connectivity index (χ1v) is 6.90. The Balaban J connectivity index is 2.01. The second-order valence-electron chi connectivity index (χ2n) is 4.12. The van der Waals surface area contributed by atoms with Crippen molar-refractivity contribution in [3.05, 3.63) is 18.2 Å². The number of methoxy groups -OCH3 is 2. The maximum absolute atomic E-state index is 5.36. The van der Waals surface area contributed by atoms with Gasteiger partial charge in [0.2, 0.25) is 0 Å². The van der Waals surface area contributed by atoms with E-state index in [0.717, 1.165) is 28.7 Å². The quantitative estimate of drug-likeness (QED) is 0.817. The second kappa shape index (κ2) is 6.17. The highest BCUT2D eigenvalue weighted by molar-refractivity contribution is 7.99. The van der Waals surface area contributed by atoms with Crippen molar-refractivity contribution in [3.63, 3.8) is 0 Å². The van der Waals surface area contributed by atoms with E-state index in [0.29, 0.717) is 6.04 Å². The fourth-order valence-corrected chi connectivity index (χ4v) is 3.14. The zero-order valence-corrected chi connectivity index (χ0v) is 11.2. The smallest absolute Gasteiger partial charge is 0.132 e. The van der Waals surface area contributed by atoms with E-state index >= 15 is 0 Å². The molecule has 1 aliphatic rings. The molecule has 1 aromatic rings. The van der Waals surface area contributed by atoms with Gasteiger partial charge in [0.25, 0.3) is 0 Å². The number of rotatable bonds is 5. The number of benzene rings is 1. The Kier molecular flexibility index (Phi) is 4.57. The van der Waals surface area contributed by atoms with Gasteiger partial charge >= 0.3 is 0 Å². The van der Waals surface area contributed by atoms with Crippen LogP contribution in [0.5, 0.6) is 11.5 Å². The zero-order valence-electron chi connectivity index (χ0n) is 10.4. The largest absolute Gasteiger partial charge is 0.497 e. The Morgan fingerprint density at radius 3 is 2.88 bits per heavy atom. The molecule has 4 heteroatoms. The van der Waals surface area contributed by atoms with Crippen molar-refractivity contribution in [2.75, 3.05) is 26.5 Å². The van der Waals surface area contributed by atoms with Crippen LogP contribution in [0.3, 0.4) is 0 Å². The molecule has 1 unspecified atom stereocenters. The molecule has 1 saturated heterocycles. The third-order valence-corrected chi connectivity index (χ3v) is 4.17. The summed E-state index contributed by atoms with van der Waals surface area (Å²) in [5.41, 5.74) is 0. The minimum absolute atomic E-state index is 0.635. The van der Waals surface area contributed by atoms with Gasteiger partial charge in [0.05, 0.1) is 19.1 Å². The monoisotopic (exact) mass is 253 g/mol. The van der Waals surface area contributed by atoms with Gasteiger partial charge in [-0.2, -0.15) is 0 Å². The standard InChI is InChI=1S/C13H19NO2S/c1-15-11-5-6-12(16-2)13(8-11)17-9-10-4-3-7-14-10/h5-6,8,10,14H,3-4,7,9H2,1-2H3. The average Bonchev–Trinajstić information content (AvgIpc) is 2.89. The summed E-state index contributed by atoms with van der Waals surface area (Å²) >= 11 is 1.83. The average molecular weight is 253 g/mol. The predicted octanol–water partition coefficient (Wildman–Crippen LogP) is 2.55. The third kappa shape index (κ3) is 3.30. The molecule has 0 bridgehead atoms. The Labute approximate surface area is 107 Å². The fourth-order valence-electron chi connectivity index (χ4n) is 1.99. The molecule has 1 N–H and O–H groups in total. The van der Waals surface area contributed by atoms with Crippen LogP contribution in [-0.2, 0) is 0 Å². The Bertz CT molecular complexity index is 364. The molecule has 1 fully saturated rings. The van der Waals surface area contributed by atoms with Crippen molar-refractivity contribution in [1.82, 2.24) is 5.32 Å². The number of nitrogens with one attached hydrogen (secondary N) is 1. The van der Waals surface area contributed by atoms with Crippen LogP contribution < -0.4 is 14.8 Å². The van der Waals surface area contributed by atoms with Crippen LogP contribution in [-0.4, -0.2) is 32.6 Å². The Hall–Kier alpha value is -0.870. The topological polar surface area (TPSA) is 30.5 Å². The van der Waals surface area contributed by atoms with E-state index in [1.165, 1.54) is 12.8 Å². The lowest BCUT2D eigenvalue weighted by molar-refractivity contribution is 0.394. The molecule has 0 amide bonds. The van der Waals surface area contributed by atoms with Crippen LogP contribution in [0.25, 0.3) is 0 Å². The van der Waals surface area contributed by atoms with Crippen LogP contribution in [0.15, 0.2) is 23.1 Å². The summed E-state index contributed by atoms with van der Waals surface area (Å²) in [5.74, 6) is 2.89. The van der Waals surface area contributed by atoms with Crippen molar-refractivity contribution >= 4 is 11.8 Å². The van der Waals surface area contributed by atoms with Crippen molar-refractivity contribution in [2.24, 2.45) is 0 Å². The summed E-state index contributed by atoms with van der Waals surface area (Å²) in [4.78, 5) is 1.15. The maximum atomic E-state index is 5.36. The summed E-state index contributed by atoms with van der Waals surface area (Å²) in [7, 11) is 3.40. The first-order chi connectivity index (χ1) is 8.33. The molecule has 0 saturated carbocycles. The number of hydrogen-bond donors (Lipinski definition) is 1. The highest BCUT2D eigenvalue weighted by atomic mass is 32.2. The highest BCUT2D eigenvalue weighted by Gasteiger charge is 2.15. The van der Waals surface area contributed by atoms with Crippen LogP contribution in [0.1, 0.15) is 12.8 Å². The van der Waals surface area contributed by atoms with E-state index in [4.69, 9.17) is 9.47 Å². The van der Waals surface area contributed by atoms with Gasteiger partial charge in [0.15, 0.2) is 0 Å². The first-order valence-electron chi connectivity index (χ1n) is 5.91. The molecule has 0 spiro atoms. The van der Waals surface area contributed by atoms with Crippen LogP contribution >= 0.6 is 11.8 Å². The van der Waals surface area contributed by atoms with Crippen LogP contribution in [0.2, 0.25) is 0 Å². The van der Waals surface area contributed by atoms with E-state index in [2.05, 4.69) is 5.32 Å². The number of ether oxygens (including phenoxy) is 2. The van der Waals surface area contributed by atoms with Crippen molar-refractivity contribution < 1.29 is 9.47 Å². The van der Waals surface area contributed by atoms with E-state index in [9.17, 15) is 0 Å². The van der Waals surface area contributed by atoms with Crippen molar-refractivity contribution in [1.29, 1.82) is 0 Å². The molecule has 94 valence electrons. The number of thioether (sulfide) groups is 1. The zero-order chi connectivity index (χ0) is 12.1. The molecule has 1 atom stereocenters. The second-order valence-corrected chi connectivity index (χ2v) is 5.18. The van der Waals surface area contributed by atoms with Gasteiger partial charge in [0, 0.05) is 11.8 Å². The summed E-state index contributed by atoms with van der Waals surface area (Å²) in [6.07, 6.45) is 2.57. The van der Waals surface area contributed by atoms with Gasteiger partial charge in [0.1, 0.15) is 11.5 Å². The SMILES string of the molecule is COc1ccc(OC)c(SCC2CCCN2)c1. The molecule has 1 aromatic carbocycles. The highest BCUT2D eigenvalue weighted by Crippen LogP contribution is 2.33. The van der Waals surface area contributed by atoms with Crippen LogP contribution in [0.4, 0.5) is 0 Å². The molecule has 1 heterocycles. The van der Waals surface area contributed by atoms with E-state index in [1.807, 2.05) is 30.0 Å². The van der Waals surface area contributed by atoms with Crippen molar-refractivity contribution in [3.8, 4) is 11.5 Å². The van der Waals surface area contributed by atoms with Crippen LogP contribution in [0, 0.1) is 0 Å². The predicted molar refractivity (Wildman–Crippen MR) is 71.3 cm³/mol. The van der Waals surface area contributed by atoms with Gasteiger partial charge in [-0.15, -0.1) is 11.8 Å². The lowest BCUT2D eigenvalue weighted by Gasteiger charge is -2.13. The molecule has 0 aromatic heterocycles. The van der Waals surface area contributed by atoms with E-state index < -0.39 is 0 Å². The van der Waals surface area contributed by atoms with Gasteiger partial charge in [-0.3, -0.25) is 0 Å². The summed E-state index contributed by atoms with van der Waals surface area (Å²) < 4.78 is 10.6. The normalized spacial score (nSPS) is 19.3. The molecular formula is C13H19NO2S. The molecule has 0 radical (unpaired) electrons. The molecule has 17 heavy (non-hydrogen) atoms. The van der Waals surface area contributed by atoms with Gasteiger partial charge < -0.3 is 14.8 Å². The minimum atomic E-state index is 0.635. The van der Waals surface area contributed by atoms with Crippen molar-refractivity contribution in [2.45, 2.75) is 23.8 Å². The lowest BCUT2D eigenvalue weighted by atomic mass is 10.3. The fraction of sp³-hybridized carbons (Fsp3) is 0.538. The van der Waals surface area contributed by atoms with E-state index in [1.54, 1.807) is 14.2 Å². The summed E-state index contributed by atoms with van der Waals surface area (Å²) in [6.45, 7) is 1.15. The molecular weight excluding hydrogens is 234 g/mol. The van der Waals surface area contributed by atoms with Gasteiger partial charge in [-0.25, -0.2) is 0 Å². The van der Waals surface area contributed by atoms with Gasteiger partial charge in [-0.1, -0.05) is 0 Å². The third-order valence-electron chi connectivity index (χ3n) is 2.97. The molecule has 3 nitrogen and oxygen atoms in total. The maximum Gasteiger partial charge on any atom is 0.132 e. The first kappa shape index (κ1) is 12.6. The molecule has 0 aliphatic carbocycles. The Morgan fingerprint density at radius 2 is 2.24 bits per heavy atom. The summed E-state index contributed by atoms with van der Waals surface area (Å²) in [6, 6.07) is 6.56. The molecule has 1 aliphatic heterocycles. The molecule has 2 rings (SSSR count). The minimum Gasteiger partial charge on any atom is -0.497 e. The number of hydrogen-bond acceptors (Lipinski definition) is 4. The Morgan fingerprint density at radius 1 is 1.35 bits per heavy atom. The van der Waals surface area contributed by atoms with E-state index in [-0.39, 0.29) is 0 Å². The lowest BCUT2D eigenvalue weighted by Crippen LogP contribution is -2.23. The summed E-state index contributed by atoms with van der Waals surface area (Å²) in [5, 5.41) is 3.50. The van der Waals surface area contributed by atoms with Gasteiger partial charge in [-0.05, 0) is 37.6 Å².